The van der Waals surface area contributed by atoms with Gasteiger partial charge in [0.05, 0.1) is 6.10 Å². The van der Waals surface area contributed by atoms with E-state index in [0.717, 1.165) is 31.1 Å². The summed E-state index contributed by atoms with van der Waals surface area (Å²) in [5.41, 5.74) is 8.32. The lowest BCUT2D eigenvalue weighted by Crippen LogP contribution is -2.35. The van der Waals surface area contributed by atoms with Gasteiger partial charge in [0.15, 0.2) is 0 Å². The van der Waals surface area contributed by atoms with E-state index in [1.54, 1.807) is 22.3 Å². The minimum absolute atomic E-state index is 0.139. The molecule has 1 saturated carbocycles. The van der Waals surface area contributed by atoms with Crippen LogP contribution < -0.4 is 0 Å². The summed E-state index contributed by atoms with van der Waals surface area (Å²) in [6.07, 6.45) is 13.0. The van der Waals surface area contributed by atoms with Crippen LogP contribution in [0.1, 0.15) is 94.0 Å². The minimum Gasteiger partial charge on any atom is -0.393 e. The Balaban J connectivity index is 1.63. The van der Waals surface area contributed by atoms with E-state index in [4.69, 9.17) is 0 Å². The first-order chi connectivity index (χ1) is 13.7. The van der Waals surface area contributed by atoms with Crippen molar-refractivity contribution in [3.63, 3.8) is 0 Å². The van der Waals surface area contributed by atoms with E-state index in [-0.39, 0.29) is 6.10 Å². The molecule has 1 N–H and O–H groups in total. The molecule has 1 heteroatoms. The monoisotopic (exact) mass is 394 g/mol. The molecular weight excluding hydrogens is 352 g/mol. The van der Waals surface area contributed by atoms with Crippen molar-refractivity contribution >= 4 is 0 Å². The van der Waals surface area contributed by atoms with Crippen molar-refractivity contribution in [3.8, 4) is 0 Å². The van der Waals surface area contributed by atoms with Crippen molar-refractivity contribution in [3.05, 3.63) is 46.0 Å². The molecule has 0 spiro atoms. The van der Waals surface area contributed by atoms with Crippen LogP contribution in [0.25, 0.3) is 0 Å². The molecule has 4 rings (SSSR count). The number of fused-ring (bicyclic) bond motifs is 4. The third-order valence-electron chi connectivity index (χ3n) is 9.26. The van der Waals surface area contributed by atoms with Gasteiger partial charge in [-0.1, -0.05) is 52.8 Å². The second-order valence-corrected chi connectivity index (χ2v) is 11.2. The fourth-order valence-corrected chi connectivity index (χ4v) is 6.94. The number of hydrogen-bond acceptors (Lipinski definition) is 1. The predicted molar refractivity (Wildman–Crippen MR) is 123 cm³/mol. The maximum atomic E-state index is 10.2. The predicted octanol–water partition coefficient (Wildman–Crippen LogP) is 6.78. The Hall–Kier alpha value is -1.08. The van der Waals surface area contributed by atoms with Crippen LogP contribution in [-0.4, -0.2) is 11.2 Å². The largest absolute Gasteiger partial charge is 0.393 e. The molecule has 3 aliphatic carbocycles. The highest BCUT2D eigenvalue weighted by atomic mass is 16.3. The summed E-state index contributed by atoms with van der Waals surface area (Å²) >= 11 is 0. The molecule has 0 radical (unpaired) electrons. The van der Waals surface area contributed by atoms with Crippen LogP contribution in [0.5, 0.6) is 0 Å². The van der Waals surface area contributed by atoms with Crippen LogP contribution in [-0.2, 0) is 19.3 Å². The first kappa shape index (κ1) is 21.2. The van der Waals surface area contributed by atoms with Crippen LogP contribution in [0.4, 0.5) is 0 Å². The molecule has 0 amide bonds. The third-order valence-corrected chi connectivity index (χ3v) is 9.26. The van der Waals surface area contributed by atoms with Gasteiger partial charge in [-0.2, -0.15) is 0 Å². The smallest absolute Gasteiger partial charge is 0.0583 e. The lowest BCUT2D eigenvalue weighted by molar-refractivity contribution is 0.141. The summed E-state index contributed by atoms with van der Waals surface area (Å²) in [5.74, 6) is 3.54. The van der Waals surface area contributed by atoms with Gasteiger partial charge in [0.2, 0.25) is 0 Å². The third kappa shape index (κ3) is 3.62. The van der Waals surface area contributed by atoms with E-state index in [1.165, 1.54) is 31.2 Å². The highest BCUT2D eigenvalue weighted by Crippen LogP contribution is 2.61. The molecule has 0 bridgehead atoms. The quantitative estimate of drug-likeness (QED) is 0.558. The summed E-state index contributed by atoms with van der Waals surface area (Å²) < 4.78 is 0. The first-order valence-electron chi connectivity index (χ1n) is 12.2. The normalized spacial score (nSPS) is 33.4. The van der Waals surface area contributed by atoms with Crippen molar-refractivity contribution in [1.82, 2.24) is 0 Å². The summed E-state index contributed by atoms with van der Waals surface area (Å²) in [5, 5.41) is 10.2. The molecule has 1 nitrogen and oxygen atoms in total. The van der Waals surface area contributed by atoms with E-state index in [2.05, 4.69) is 59.8 Å². The van der Waals surface area contributed by atoms with Gasteiger partial charge in [-0.05, 0) is 115 Å². The second kappa shape index (κ2) is 7.88. The van der Waals surface area contributed by atoms with Crippen LogP contribution in [0, 0.1) is 36.0 Å². The van der Waals surface area contributed by atoms with E-state index in [0.29, 0.717) is 23.2 Å². The molecule has 1 aromatic rings. The highest BCUT2D eigenvalue weighted by Gasteiger charge is 2.51. The lowest BCUT2D eigenvalue weighted by Gasteiger charge is -2.45. The van der Waals surface area contributed by atoms with E-state index in [1.807, 2.05) is 0 Å². The number of benzene rings is 1. The summed E-state index contributed by atoms with van der Waals surface area (Å²) in [7, 11) is 0. The molecule has 160 valence electrons. The van der Waals surface area contributed by atoms with Crippen LogP contribution in [0.2, 0.25) is 0 Å². The maximum absolute atomic E-state index is 10.2. The van der Waals surface area contributed by atoms with Crippen molar-refractivity contribution in [1.29, 1.82) is 0 Å². The molecule has 0 saturated heterocycles. The zero-order valence-electron chi connectivity index (χ0n) is 19.6. The van der Waals surface area contributed by atoms with Gasteiger partial charge in [0, 0.05) is 0 Å². The van der Waals surface area contributed by atoms with E-state index in [9.17, 15) is 5.11 Å². The second-order valence-electron chi connectivity index (χ2n) is 11.2. The summed E-state index contributed by atoms with van der Waals surface area (Å²) in [4.78, 5) is 0. The Morgan fingerprint density at radius 3 is 2.52 bits per heavy atom. The van der Waals surface area contributed by atoms with Crippen LogP contribution in [0.3, 0.4) is 0 Å². The molecule has 1 aromatic carbocycles. The van der Waals surface area contributed by atoms with Gasteiger partial charge < -0.3 is 5.11 Å². The topological polar surface area (TPSA) is 20.2 Å². The van der Waals surface area contributed by atoms with Crippen molar-refractivity contribution in [2.75, 3.05) is 0 Å². The number of allylic oxidation sites excluding steroid dienone is 2. The zero-order valence-corrected chi connectivity index (χ0v) is 19.6. The van der Waals surface area contributed by atoms with Gasteiger partial charge in [0.25, 0.3) is 0 Å². The van der Waals surface area contributed by atoms with Gasteiger partial charge >= 0.3 is 0 Å². The van der Waals surface area contributed by atoms with Gasteiger partial charge in [-0.3, -0.25) is 0 Å². The highest BCUT2D eigenvalue weighted by molar-refractivity contribution is 5.50. The van der Waals surface area contributed by atoms with Gasteiger partial charge in [-0.15, -0.1) is 0 Å². The van der Waals surface area contributed by atoms with E-state index < -0.39 is 0 Å². The molecule has 1 fully saturated rings. The van der Waals surface area contributed by atoms with E-state index >= 15 is 0 Å². The van der Waals surface area contributed by atoms with Crippen molar-refractivity contribution in [2.24, 2.45) is 29.1 Å². The fourth-order valence-electron chi connectivity index (χ4n) is 6.94. The Bertz CT molecular complexity index is 788. The molecular formula is C28H42O. The van der Waals surface area contributed by atoms with Crippen LogP contribution in [0.15, 0.2) is 18.2 Å². The first-order valence-corrected chi connectivity index (χ1v) is 12.2. The molecule has 6 unspecified atom stereocenters. The SMILES string of the molecule is Cc1c2c(cc3c1CCC1(C)C3CCC1C(C)C=CC(C)C(C)C)CC(O)CC2. The average Bonchev–Trinajstić information content (AvgIpc) is 3.03. The Labute approximate surface area is 179 Å². The van der Waals surface area contributed by atoms with Crippen LogP contribution >= 0.6 is 0 Å². The molecule has 29 heavy (non-hydrogen) atoms. The Morgan fingerprint density at radius 1 is 1.03 bits per heavy atom. The Kier molecular flexibility index (Phi) is 5.75. The minimum atomic E-state index is -0.139. The van der Waals surface area contributed by atoms with Gasteiger partial charge in [-0.25, -0.2) is 0 Å². The Morgan fingerprint density at radius 2 is 1.79 bits per heavy atom. The average molecular weight is 395 g/mol. The number of rotatable bonds is 4. The van der Waals surface area contributed by atoms with Gasteiger partial charge in [0.1, 0.15) is 0 Å². The molecule has 0 aliphatic heterocycles. The molecule has 3 aliphatic rings. The molecule has 0 aromatic heterocycles. The maximum Gasteiger partial charge on any atom is 0.0583 e. The molecule has 0 heterocycles. The van der Waals surface area contributed by atoms with Crippen molar-refractivity contribution < 1.29 is 5.11 Å². The number of hydrogen-bond donors (Lipinski definition) is 1. The summed E-state index contributed by atoms with van der Waals surface area (Å²) in [6.45, 7) is 14.4. The zero-order chi connectivity index (χ0) is 20.9. The lowest BCUT2D eigenvalue weighted by atomic mass is 9.60. The number of aliphatic hydroxyl groups excluding tert-OH is 1. The summed E-state index contributed by atoms with van der Waals surface area (Å²) in [6, 6.07) is 2.53. The fraction of sp³-hybridized carbons (Fsp3) is 0.714. The molecule has 6 atom stereocenters. The van der Waals surface area contributed by atoms with Crippen molar-refractivity contribution in [2.45, 2.75) is 98.5 Å². The number of aliphatic hydroxyl groups is 1. The standard InChI is InChI=1S/C28H42O/c1-17(2)18(3)7-8-19(4)26-11-12-27-25-16-21-15-22(29)9-10-23(21)20(5)24(25)13-14-28(26,27)6/h7-8,16-19,22,26-27,29H,9-15H2,1-6H3.